The van der Waals surface area contributed by atoms with Crippen LogP contribution in [0.4, 0.5) is 0 Å². The van der Waals surface area contributed by atoms with Crippen molar-refractivity contribution >= 4 is 11.3 Å². The van der Waals surface area contributed by atoms with Crippen molar-refractivity contribution in [1.82, 2.24) is 10.3 Å². The molecule has 1 unspecified atom stereocenters. The molecule has 102 valence electrons. The Morgan fingerprint density at radius 3 is 2.21 bits per heavy atom. The van der Waals surface area contributed by atoms with Crippen LogP contribution in [0.3, 0.4) is 0 Å². The third-order valence-electron chi connectivity index (χ3n) is 3.28. The monoisotopic (exact) mass is 274 g/mol. The molecular formula is C16H22N2S. The first-order valence-electron chi connectivity index (χ1n) is 6.76. The van der Waals surface area contributed by atoms with Crippen molar-refractivity contribution in [2.45, 2.75) is 40.7 Å². The largest absolute Gasteiger partial charge is 0.305 e. The second-order valence-corrected chi connectivity index (χ2v) is 6.34. The van der Waals surface area contributed by atoms with E-state index in [1.807, 2.05) is 0 Å². The van der Waals surface area contributed by atoms with Crippen molar-refractivity contribution in [3.63, 3.8) is 0 Å². The van der Waals surface area contributed by atoms with E-state index in [0.717, 1.165) is 12.2 Å². The third kappa shape index (κ3) is 3.23. The normalized spacial score (nSPS) is 12.7. The molecule has 1 aromatic heterocycles. The van der Waals surface area contributed by atoms with Crippen LogP contribution in [0.1, 0.15) is 45.2 Å². The third-order valence-corrected chi connectivity index (χ3v) is 4.42. The summed E-state index contributed by atoms with van der Waals surface area (Å²) in [6.45, 7) is 11.6. The van der Waals surface area contributed by atoms with Crippen LogP contribution >= 0.6 is 11.3 Å². The van der Waals surface area contributed by atoms with Crippen molar-refractivity contribution in [2.75, 3.05) is 6.54 Å². The van der Waals surface area contributed by atoms with Crippen LogP contribution < -0.4 is 5.32 Å². The van der Waals surface area contributed by atoms with Crippen LogP contribution in [-0.4, -0.2) is 11.5 Å². The van der Waals surface area contributed by atoms with Crippen LogP contribution in [0, 0.1) is 27.7 Å². The fraction of sp³-hybridized carbons (Fsp3) is 0.438. The Kier molecular flexibility index (Phi) is 4.38. The van der Waals surface area contributed by atoms with Crippen LogP contribution in [0.15, 0.2) is 18.2 Å². The zero-order chi connectivity index (χ0) is 14.0. The Labute approximate surface area is 119 Å². The Bertz CT molecular complexity index is 532. The minimum absolute atomic E-state index is 0.209. The second-order valence-electron chi connectivity index (χ2n) is 5.11. The summed E-state index contributed by atoms with van der Waals surface area (Å²) in [6.07, 6.45) is 0. The first kappa shape index (κ1) is 14.2. The first-order chi connectivity index (χ1) is 9.01. The zero-order valence-corrected chi connectivity index (χ0v) is 13.2. The Morgan fingerprint density at radius 1 is 1.11 bits per heavy atom. The van der Waals surface area contributed by atoms with E-state index in [2.05, 4.69) is 58.1 Å². The molecule has 1 aromatic carbocycles. The van der Waals surface area contributed by atoms with Gasteiger partial charge in [-0.25, -0.2) is 4.98 Å². The average molecular weight is 274 g/mol. The van der Waals surface area contributed by atoms with Crippen LogP contribution in [0.5, 0.6) is 0 Å². The second kappa shape index (κ2) is 5.85. The Hall–Kier alpha value is -1.19. The fourth-order valence-electron chi connectivity index (χ4n) is 2.35. The van der Waals surface area contributed by atoms with Gasteiger partial charge in [0.05, 0.1) is 11.7 Å². The quantitative estimate of drug-likeness (QED) is 0.909. The summed E-state index contributed by atoms with van der Waals surface area (Å²) >= 11 is 1.80. The van der Waals surface area contributed by atoms with Gasteiger partial charge in [-0.05, 0) is 39.8 Å². The number of benzene rings is 1. The molecule has 0 radical (unpaired) electrons. The van der Waals surface area contributed by atoms with Gasteiger partial charge in [0.25, 0.3) is 0 Å². The molecule has 19 heavy (non-hydrogen) atoms. The van der Waals surface area contributed by atoms with Crippen molar-refractivity contribution in [1.29, 1.82) is 0 Å². The van der Waals surface area contributed by atoms with E-state index >= 15 is 0 Å². The van der Waals surface area contributed by atoms with Gasteiger partial charge in [-0.2, -0.15) is 0 Å². The molecule has 0 spiro atoms. The van der Waals surface area contributed by atoms with Gasteiger partial charge in [0.1, 0.15) is 5.01 Å². The number of thiazole rings is 1. The topological polar surface area (TPSA) is 24.9 Å². The van der Waals surface area contributed by atoms with E-state index in [-0.39, 0.29) is 6.04 Å². The smallest absolute Gasteiger partial charge is 0.115 e. The molecule has 0 amide bonds. The van der Waals surface area contributed by atoms with Gasteiger partial charge in [0, 0.05) is 4.88 Å². The number of hydrogen-bond acceptors (Lipinski definition) is 3. The molecule has 1 heterocycles. The summed E-state index contributed by atoms with van der Waals surface area (Å²) in [6, 6.07) is 6.94. The van der Waals surface area contributed by atoms with Crippen LogP contribution in [0.2, 0.25) is 0 Å². The van der Waals surface area contributed by atoms with E-state index < -0.39 is 0 Å². The predicted octanol–water partition coefficient (Wildman–Crippen LogP) is 4.08. The lowest BCUT2D eigenvalue weighted by Gasteiger charge is -2.17. The van der Waals surface area contributed by atoms with Crippen molar-refractivity contribution in [2.24, 2.45) is 0 Å². The molecule has 2 nitrogen and oxygen atoms in total. The highest BCUT2D eigenvalue weighted by molar-refractivity contribution is 7.11. The maximum atomic E-state index is 4.72. The minimum atomic E-state index is 0.209. The average Bonchev–Trinajstić information content (AvgIpc) is 2.65. The van der Waals surface area contributed by atoms with Crippen molar-refractivity contribution < 1.29 is 0 Å². The minimum Gasteiger partial charge on any atom is -0.305 e. The predicted molar refractivity (Wildman–Crippen MR) is 83.0 cm³/mol. The van der Waals surface area contributed by atoms with Crippen LogP contribution in [-0.2, 0) is 0 Å². The lowest BCUT2D eigenvalue weighted by molar-refractivity contribution is 0.625. The number of nitrogens with one attached hydrogen (secondary N) is 1. The van der Waals surface area contributed by atoms with Crippen molar-refractivity contribution in [3.05, 3.63) is 50.5 Å². The summed E-state index contributed by atoms with van der Waals surface area (Å²) in [4.78, 5) is 6.03. The van der Waals surface area contributed by atoms with E-state index in [9.17, 15) is 0 Å². The van der Waals surface area contributed by atoms with E-state index in [1.54, 1.807) is 11.3 Å². The van der Waals surface area contributed by atoms with E-state index in [4.69, 9.17) is 4.98 Å². The molecule has 0 saturated heterocycles. The molecule has 0 aliphatic rings. The zero-order valence-electron chi connectivity index (χ0n) is 12.4. The number of aromatic nitrogens is 1. The summed E-state index contributed by atoms with van der Waals surface area (Å²) in [5.41, 5.74) is 5.08. The number of aryl methyl sites for hydroxylation is 4. The lowest BCUT2D eigenvalue weighted by atomic mass is 10.0. The van der Waals surface area contributed by atoms with Gasteiger partial charge in [0.2, 0.25) is 0 Å². The highest BCUT2D eigenvalue weighted by atomic mass is 32.1. The standard InChI is InChI=1S/C16H22N2S/c1-6-17-15(16-18-12(4)13(5)19-16)14-8-10(2)7-11(3)9-14/h7-9,15,17H,6H2,1-5H3. The number of nitrogens with zero attached hydrogens (tertiary/aromatic N) is 1. The summed E-state index contributed by atoms with van der Waals surface area (Å²) < 4.78 is 0. The van der Waals surface area contributed by atoms with Crippen molar-refractivity contribution in [3.8, 4) is 0 Å². The molecule has 2 aromatic rings. The maximum Gasteiger partial charge on any atom is 0.115 e. The van der Waals surface area contributed by atoms with Gasteiger partial charge in [-0.15, -0.1) is 11.3 Å². The molecule has 1 N–H and O–H groups in total. The van der Waals surface area contributed by atoms with Gasteiger partial charge in [0.15, 0.2) is 0 Å². The lowest BCUT2D eigenvalue weighted by Crippen LogP contribution is -2.22. The molecule has 0 aliphatic heterocycles. The SMILES string of the molecule is CCNC(c1cc(C)cc(C)c1)c1nc(C)c(C)s1. The summed E-state index contributed by atoms with van der Waals surface area (Å²) in [5, 5.41) is 4.73. The van der Waals surface area contributed by atoms with Gasteiger partial charge < -0.3 is 5.32 Å². The molecule has 3 heteroatoms. The maximum absolute atomic E-state index is 4.72. The number of rotatable bonds is 4. The highest BCUT2D eigenvalue weighted by Gasteiger charge is 2.18. The van der Waals surface area contributed by atoms with E-state index in [1.165, 1.54) is 26.6 Å². The highest BCUT2D eigenvalue weighted by Crippen LogP contribution is 2.29. The molecule has 0 saturated carbocycles. The van der Waals surface area contributed by atoms with Gasteiger partial charge >= 0.3 is 0 Å². The molecule has 0 fully saturated rings. The molecular weight excluding hydrogens is 252 g/mol. The number of hydrogen-bond donors (Lipinski definition) is 1. The molecule has 1 atom stereocenters. The van der Waals surface area contributed by atoms with Crippen LogP contribution in [0.25, 0.3) is 0 Å². The first-order valence-corrected chi connectivity index (χ1v) is 7.58. The summed E-state index contributed by atoms with van der Waals surface area (Å²) in [7, 11) is 0. The molecule has 0 aliphatic carbocycles. The molecule has 0 bridgehead atoms. The van der Waals surface area contributed by atoms with Gasteiger partial charge in [-0.1, -0.05) is 36.2 Å². The summed E-state index contributed by atoms with van der Waals surface area (Å²) in [5.74, 6) is 0. The van der Waals surface area contributed by atoms with Gasteiger partial charge in [-0.3, -0.25) is 0 Å². The van der Waals surface area contributed by atoms with E-state index in [0.29, 0.717) is 0 Å². The Morgan fingerprint density at radius 2 is 1.74 bits per heavy atom. The fourth-order valence-corrected chi connectivity index (χ4v) is 3.38. The molecule has 2 rings (SSSR count). The Balaban J connectivity index is 2.44.